The third-order valence-corrected chi connectivity index (χ3v) is 14.3. The van der Waals surface area contributed by atoms with E-state index in [9.17, 15) is 0 Å². The maximum Gasteiger partial charge on any atom is 0.0696 e. The summed E-state index contributed by atoms with van der Waals surface area (Å²) in [6.45, 7) is 1.38. The van der Waals surface area contributed by atoms with Crippen molar-refractivity contribution in [3.63, 3.8) is 0 Å². The third kappa shape index (κ3) is 6.47. The molecule has 5 saturated heterocycles. The maximum atomic E-state index is 4.66. The maximum absolute atomic E-state index is 4.66. The van der Waals surface area contributed by atoms with E-state index < -0.39 is 0 Å². The third-order valence-electron chi connectivity index (χ3n) is 14.3. The van der Waals surface area contributed by atoms with Crippen molar-refractivity contribution in [1.29, 1.82) is 0 Å². The standard InChI is InChI=1S/C32H56N8.C4H10O2/c1-2-10-18-17(9-1)25-33-26(18)38-28-21-13-5-6-14-22(21)30(35-28)40-32-24-16-8-7-15-23(24)31(36-32)39-29-20-12-4-3-11-19(20)27(34-29)37-25;1-5-3-4-6-2/h17-40H,1-16H2;3-4H2,1-2H3. The van der Waals surface area contributed by atoms with Gasteiger partial charge in [0.05, 0.1) is 62.5 Å². The molecule has 0 amide bonds. The van der Waals surface area contributed by atoms with Gasteiger partial charge < -0.3 is 9.47 Å². The minimum absolute atomic E-state index is 0.420. The van der Waals surface area contributed by atoms with E-state index in [4.69, 9.17) is 0 Å². The zero-order valence-corrected chi connectivity index (χ0v) is 28.8. The van der Waals surface area contributed by atoms with Gasteiger partial charge in [-0.05, 0) is 98.7 Å². The minimum atomic E-state index is 0.420. The lowest BCUT2D eigenvalue weighted by molar-refractivity contribution is 0.103. The second-order valence-corrected chi connectivity index (χ2v) is 16.6. The fraction of sp³-hybridized carbons (Fsp3) is 1.00. The van der Waals surface area contributed by atoms with E-state index in [0.29, 0.717) is 62.5 Å². The van der Waals surface area contributed by atoms with Crippen molar-refractivity contribution in [2.24, 2.45) is 47.3 Å². The molecule has 10 nitrogen and oxygen atoms in total. The van der Waals surface area contributed by atoms with Crippen LogP contribution in [0.4, 0.5) is 0 Å². The monoisotopic (exact) mass is 643 g/mol. The molecule has 0 aromatic heterocycles. The van der Waals surface area contributed by atoms with E-state index in [1.165, 1.54) is 103 Å². The van der Waals surface area contributed by atoms with Crippen LogP contribution in [0.1, 0.15) is 103 Å². The van der Waals surface area contributed by atoms with Crippen LogP contribution in [0, 0.1) is 47.3 Å². The van der Waals surface area contributed by atoms with Gasteiger partial charge in [-0.3, -0.25) is 42.5 Å². The van der Waals surface area contributed by atoms with Crippen LogP contribution in [0.15, 0.2) is 0 Å². The molecule has 8 unspecified atom stereocenters. The highest BCUT2D eigenvalue weighted by Gasteiger charge is 2.54. The molecule has 10 heteroatoms. The summed E-state index contributed by atoms with van der Waals surface area (Å²) in [7, 11) is 3.30. The summed E-state index contributed by atoms with van der Waals surface area (Å²) in [5.41, 5.74) is 0. The van der Waals surface area contributed by atoms with E-state index in [1.54, 1.807) is 14.2 Å². The molecule has 0 radical (unpaired) electrons. The molecular weight excluding hydrogens is 576 g/mol. The molecule has 8 atom stereocenters. The Hall–Kier alpha value is -0.400. The van der Waals surface area contributed by atoms with Crippen molar-refractivity contribution >= 4 is 0 Å². The molecule has 8 bridgehead atoms. The number of ether oxygens (including phenoxy) is 2. The quantitative estimate of drug-likeness (QED) is 0.219. The topological polar surface area (TPSA) is 115 Å². The SMILES string of the molecule is C1CCC2C3NC(NC4NC(NC5NC(NC6NC(N3)C3CCCCC63)C3CCCCC53)C3CCCCC43)C2C1.COCCOC. The normalized spacial score (nSPS) is 51.3. The highest BCUT2D eigenvalue weighted by Crippen LogP contribution is 2.45. The Bertz CT molecular complexity index is 780. The minimum Gasteiger partial charge on any atom is -0.382 e. The second-order valence-electron chi connectivity index (χ2n) is 16.6. The Morgan fingerprint density at radius 1 is 0.304 bits per heavy atom. The van der Waals surface area contributed by atoms with Crippen molar-refractivity contribution in [3.05, 3.63) is 0 Å². The van der Waals surface area contributed by atoms with Crippen LogP contribution in [0.25, 0.3) is 0 Å². The smallest absolute Gasteiger partial charge is 0.0696 e. The highest BCUT2D eigenvalue weighted by molar-refractivity contribution is 5.08. The van der Waals surface area contributed by atoms with Gasteiger partial charge in [0.25, 0.3) is 0 Å². The van der Waals surface area contributed by atoms with Crippen LogP contribution in [0.2, 0.25) is 0 Å². The largest absolute Gasteiger partial charge is 0.382 e. The summed E-state index contributed by atoms with van der Waals surface area (Å²) >= 11 is 0. The summed E-state index contributed by atoms with van der Waals surface area (Å²) in [6.07, 6.45) is 25.6. The predicted octanol–water partition coefficient (Wildman–Crippen LogP) is 2.88. The first kappa shape index (κ1) is 32.8. The molecule has 0 aromatic carbocycles. The van der Waals surface area contributed by atoms with Gasteiger partial charge in [0, 0.05) is 14.2 Å². The number of methoxy groups -OCH3 is 2. The van der Waals surface area contributed by atoms with E-state index in [1.807, 2.05) is 0 Å². The molecule has 5 heterocycles. The lowest BCUT2D eigenvalue weighted by Crippen LogP contribution is -2.61. The van der Waals surface area contributed by atoms with Crippen LogP contribution in [-0.4, -0.2) is 76.8 Å². The summed E-state index contributed by atoms with van der Waals surface area (Å²) in [5, 5.41) is 33.8. The van der Waals surface area contributed by atoms with Crippen LogP contribution in [0.5, 0.6) is 0 Å². The molecule has 9 fully saturated rings. The molecule has 8 N–H and O–H groups in total. The second kappa shape index (κ2) is 14.8. The van der Waals surface area contributed by atoms with Gasteiger partial charge in [-0.15, -0.1) is 0 Å². The summed E-state index contributed by atoms with van der Waals surface area (Å²) in [5.74, 6) is 5.97. The van der Waals surface area contributed by atoms with Crippen LogP contribution < -0.4 is 42.5 Å². The predicted molar refractivity (Wildman–Crippen MR) is 181 cm³/mol. The summed E-state index contributed by atoms with van der Waals surface area (Å²) < 4.78 is 9.31. The molecule has 0 aromatic rings. The van der Waals surface area contributed by atoms with Gasteiger partial charge in [0.1, 0.15) is 0 Å². The fourth-order valence-electron chi connectivity index (χ4n) is 12.1. The van der Waals surface area contributed by atoms with Gasteiger partial charge >= 0.3 is 0 Å². The van der Waals surface area contributed by atoms with Crippen molar-refractivity contribution in [3.8, 4) is 0 Å². The first-order valence-electron chi connectivity index (χ1n) is 19.8. The first-order chi connectivity index (χ1) is 22.7. The zero-order valence-electron chi connectivity index (χ0n) is 28.8. The van der Waals surface area contributed by atoms with Gasteiger partial charge in [-0.1, -0.05) is 51.4 Å². The number of hydrogen-bond acceptors (Lipinski definition) is 10. The molecular formula is C36H66N8O2. The van der Waals surface area contributed by atoms with Crippen molar-refractivity contribution < 1.29 is 9.47 Å². The molecule has 4 saturated carbocycles. The molecule has 4 aliphatic carbocycles. The van der Waals surface area contributed by atoms with Gasteiger partial charge in [-0.25, -0.2) is 0 Å². The van der Waals surface area contributed by atoms with Crippen molar-refractivity contribution in [2.75, 3.05) is 27.4 Å². The van der Waals surface area contributed by atoms with E-state index in [-0.39, 0.29) is 0 Å². The average Bonchev–Trinajstić information content (AvgIpc) is 3.83. The number of rotatable bonds is 3. The average molecular weight is 643 g/mol. The first-order valence-corrected chi connectivity index (χ1v) is 19.8. The Morgan fingerprint density at radius 3 is 0.587 bits per heavy atom. The number of hydrogen-bond donors (Lipinski definition) is 8. The molecule has 9 rings (SSSR count). The molecule has 9 aliphatic rings. The van der Waals surface area contributed by atoms with Gasteiger partial charge in [0.15, 0.2) is 0 Å². The molecule has 262 valence electrons. The lowest BCUT2D eigenvalue weighted by Gasteiger charge is -2.35. The zero-order chi connectivity index (χ0) is 31.0. The Labute approximate surface area is 278 Å². The van der Waals surface area contributed by atoms with E-state index >= 15 is 0 Å². The Morgan fingerprint density at radius 2 is 0.457 bits per heavy atom. The highest BCUT2D eigenvalue weighted by atomic mass is 16.5. The molecule has 46 heavy (non-hydrogen) atoms. The van der Waals surface area contributed by atoms with Crippen molar-refractivity contribution in [2.45, 2.75) is 152 Å². The van der Waals surface area contributed by atoms with Crippen LogP contribution >= 0.6 is 0 Å². The number of fused-ring (bicyclic) bond motifs is 20. The van der Waals surface area contributed by atoms with E-state index in [2.05, 4.69) is 52.0 Å². The van der Waals surface area contributed by atoms with E-state index in [0.717, 1.165) is 47.3 Å². The number of nitrogens with one attached hydrogen (secondary N) is 8. The molecule has 5 aliphatic heterocycles. The van der Waals surface area contributed by atoms with Gasteiger partial charge in [-0.2, -0.15) is 0 Å². The fourth-order valence-corrected chi connectivity index (χ4v) is 12.1. The van der Waals surface area contributed by atoms with Gasteiger partial charge in [0.2, 0.25) is 0 Å². The summed E-state index contributed by atoms with van der Waals surface area (Å²) in [4.78, 5) is 0. The van der Waals surface area contributed by atoms with Crippen LogP contribution in [-0.2, 0) is 9.47 Å². The summed E-state index contributed by atoms with van der Waals surface area (Å²) in [6, 6.07) is 0. The Balaban J connectivity index is 0.000000478. The molecule has 0 spiro atoms. The lowest BCUT2D eigenvalue weighted by atomic mass is 9.76. The van der Waals surface area contributed by atoms with Crippen LogP contribution in [0.3, 0.4) is 0 Å². The Kier molecular flexibility index (Phi) is 10.6. The van der Waals surface area contributed by atoms with Crippen molar-refractivity contribution in [1.82, 2.24) is 42.5 Å².